The van der Waals surface area contributed by atoms with Crippen LogP contribution < -0.4 is 10.6 Å². The molecule has 1 aliphatic rings. The molecule has 0 aromatic rings. The Kier molecular flexibility index (Phi) is 9.46. The van der Waals surface area contributed by atoms with Crippen molar-refractivity contribution in [3.05, 3.63) is 12.2 Å². The van der Waals surface area contributed by atoms with E-state index in [0.29, 0.717) is 0 Å². The molecule has 0 aromatic carbocycles. The van der Waals surface area contributed by atoms with Crippen LogP contribution in [0.4, 0.5) is 9.59 Å². The van der Waals surface area contributed by atoms with E-state index < -0.39 is 28.9 Å². The Morgan fingerprint density at radius 2 is 1.62 bits per heavy atom. The molecule has 0 fully saturated rings. The number of carbonyl (C=O) groups excluding carboxylic acids is 2. The number of alkyl carbamates (subject to hydrolysis) is 2. The van der Waals surface area contributed by atoms with Gasteiger partial charge in [-0.1, -0.05) is 12.2 Å². The summed E-state index contributed by atoms with van der Waals surface area (Å²) in [7, 11) is 0. The van der Waals surface area contributed by atoms with Gasteiger partial charge in [-0.05, 0) is 80.6 Å². The summed E-state index contributed by atoms with van der Waals surface area (Å²) in [5, 5.41) is 5.61. The molecule has 0 aromatic heterocycles. The number of carbonyl (C=O) groups is 2. The molecule has 0 bridgehead atoms. The molecule has 1 unspecified atom stereocenters. The standard InChI is InChI=1S/C22H40N2O5/c1-20(2,3)29-18(25)23-15-22(6,7)27-16-21(4,5)24-19(26)28-17-13-11-9-8-10-12-14-17/h8-9,17H,10-16H2,1-7H3,(H,23,25)(H,24,26)/b9-8+. The third-order valence-corrected chi connectivity index (χ3v) is 4.31. The van der Waals surface area contributed by atoms with E-state index in [0.717, 1.165) is 32.1 Å². The molecular weight excluding hydrogens is 372 g/mol. The minimum Gasteiger partial charge on any atom is -0.446 e. The summed E-state index contributed by atoms with van der Waals surface area (Å²) in [6, 6.07) is 0. The van der Waals surface area contributed by atoms with Gasteiger partial charge in [-0.2, -0.15) is 0 Å². The fourth-order valence-electron chi connectivity index (χ4n) is 2.76. The van der Waals surface area contributed by atoms with Gasteiger partial charge in [-0.3, -0.25) is 0 Å². The first kappa shape index (κ1) is 25.3. The van der Waals surface area contributed by atoms with Crippen LogP contribution in [0.15, 0.2) is 12.2 Å². The van der Waals surface area contributed by atoms with E-state index in [9.17, 15) is 9.59 Å². The van der Waals surface area contributed by atoms with Gasteiger partial charge in [-0.25, -0.2) is 9.59 Å². The van der Waals surface area contributed by atoms with E-state index in [1.165, 1.54) is 0 Å². The second-order valence-electron chi connectivity index (χ2n) is 9.92. The highest BCUT2D eigenvalue weighted by Gasteiger charge is 2.28. The fraction of sp³-hybridized carbons (Fsp3) is 0.818. The van der Waals surface area contributed by atoms with Gasteiger partial charge >= 0.3 is 12.2 Å². The number of hydrogen-bond acceptors (Lipinski definition) is 5. The summed E-state index contributed by atoms with van der Waals surface area (Å²) in [4.78, 5) is 24.1. The Morgan fingerprint density at radius 1 is 0.966 bits per heavy atom. The lowest BCUT2D eigenvalue weighted by Gasteiger charge is -2.33. The number of rotatable bonds is 7. The third kappa shape index (κ3) is 12.4. The molecule has 29 heavy (non-hydrogen) atoms. The van der Waals surface area contributed by atoms with Gasteiger partial charge < -0.3 is 24.8 Å². The maximum absolute atomic E-state index is 12.3. The molecule has 7 heteroatoms. The van der Waals surface area contributed by atoms with E-state index >= 15 is 0 Å². The van der Waals surface area contributed by atoms with Crippen LogP contribution in [0.2, 0.25) is 0 Å². The van der Waals surface area contributed by atoms with Gasteiger partial charge in [-0.15, -0.1) is 0 Å². The van der Waals surface area contributed by atoms with Crippen LogP contribution in [0.5, 0.6) is 0 Å². The molecule has 1 rings (SSSR count). The van der Waals surface area contributed by atoms with E-state index in [4.69, 9.17) is 14.2 Å². The second kappa shape index (κ2) is 10.9. The van der Waals surface area contributed by atoms with Crippen LogP contribution in [0.3, 0.4) is 0 Å². The molecule has 0 spiro atoms. The first-order valence-electron chi connectivity index (χ1n) is 10.5. The zero-order valence-corrected chi connectivity index (χ0v) is 19.2. The molecule has 0 heterocycles. The lowest BCUT2D eigenvalue weighted by Crippen LogP contribution is -2.51. The molecule has 7 nitrogen and oxygen atoms in total. The van der Waals surface area contributed by atoms with Gasteiger partial charge in [0.1, 0.15) is 11.7 Å². The SMILES string of the molecule is CC(C)(COC(C)(C)CNC(=O)OC(C)(C)C)NC(=O)OC1CC/C=C/CCC1. The average Bonchev–Trinajstić information content (AvgIpc) is 2.52. The van der Waals surface area contributed by atoms with Gasteiger partial charge in [0, 0.05) is 6.54 Å². The van der Waals surface area contributed by atoms with E-state index in [2.05, 4.69) is 22.8 Å². The van der Waals surface area contributed by atoms with Gasteiger partial charge in [0.25, 0.3) is 0 Å². The lowest BCUT2D eigenvalue weighted by atomic mass is 10.0. The van der Waals surface area contributed by atoms with Crippen LogP contribution in [0.1, 0.15) is 80.6 Å². The van der Waals surface area contributed by atoms with Crippen LogP contribution in [-0.4, -0.2) is 48.2 Å². The maximum Gasteiger partial charge on any atom is 0.407 e. The third-order valence-electron chi connectivity index (χ3n) is 4.31. The smallest absolute Gasteiger partial charge is 0.407 e. The quantitative estimate of drug-likeness (QED) is 0.592. The van der Waals surface area contributed by atoms with Crippen LogP contribution in [-0.2, 0) is 14.2 Å². The van der Waals surface area contributed by atoms with Crippen molar-refractivity contribution in [1.29, 1.82) is 0 Å². The average molecular weight is 413 g/mol. The molecule has 2 amide bonds. The van der Waals surface area contributed by atoms with Crippen molar-refractivity contribution < 1.29 is 23.8 Å². The molecule has 0 saturated heterocycles. The monoisotopic (exact) mass is 412 g/mol. The molecule has 0 aliphatic heterocycles. The second-order valence-corrected chi connectivity index (χ2v) is 9.92. The number of ether oxygens (including phenoxy) is 3. The first-order chi connectivity index (χ1) is 13.3. The van der Waals surface area contributed by atoms with Crippen molar-refractivity contribution in [2.24, 2.45) is 0 Å². The fourth-order valence-corrected chi connectivity index (χ4v) is 2.76. The lowest BCUT2D eigenvalue weighted by molar-refractivity contribution is -0.0429. The van der Waals surface area contributed by atoms with Crippen molar-refractivity contribution in [2.75, 3.05) is 13.2 Å². The molecule has 0 radical (unpaired) electrons. The van der Waals surface area contributed by atoms with Gasteiger partial charge in [0.2, 0.25) is 0 Å². The zero-order chi connectivity index (χ0) is 22.1. The topological polar surface area (TPSA) is 85.9 Å². The summed E-state index contributed by atoms with van der Waals surface area (Å²) in [6.45, 7) is 13.5. The molecular formula is C22H40N2O5. The highest BCUT2D eigenvalue weighted by Crippen LogP contribution is 2.17. The Bertz CT molecular complexity index is 564. The van der Waals surface area contributed by atoms with Crippen molar-refractivity contribution in [3.8, 4) is 0 Å². The molecule has 1 aliphatic carbocycles. The summed E-state index contributed by atoms with van der Waals surface area (Å²) in [5.74, 6) is 0. The number of hydrogen-bond donors (Lipinski definition) is 2. The highest BCUT2D eigenvalue weighted by atomic mass is 16.6. The van der Waals surface area contributed by atoms with Crippen molar-refractivity contribution >= 4 is 12.2 Å². The van der Waals surface area contributed by atoms with Crippen LogP contribution in [0.25, 0.3) is 0 Å². The Labute approximate surface area is 175 Å². The highest BCUT2D eigenvalue weighted by molar-refractivity contribution is 5.68. The molecule has 2 N–H and O–H groups in total. The minimum absolute atomic E-state index is 0.0499. The Morgan fingerprint density at radius 3 is 2.28 bits per heavy atom. The van der Waals surface area contributed by atoms with E-state index in [1.807, 2.05) is 48.5 Å². The van der Waals surface area contributed by atoms with Gasteiger partial charge in [0.05, 0.1) is 17.7 Å². The van der Waals surface area contributed by atoms with E-state index in [-0.39, 0.29) is 19.3 Å². The van der Waals surface area contributed by atoms with Crippen molar-refractivity contribution in [1.82, 2.24) is 10.6 Å². The number of amides is 2. The van der Waals surface area contributed by atoms with E-state index in [1.54, 1.807) is 0 Å². The molecule has 1 atom stereocenters. The summed E-state index contributed by atoms with van der Waals surface area (Å²) in [6.07, 6.45) is 8.13. The molecule has 168 valence electrons. The largest absolute Gasteiger partial charge is 0.446 e. The zero-order valence-electron chi connectivity index (χ0n) is 19.2. The predicted molar refractivity (Wildman–Crippen MR) is 114 cm³/mol. The summed E-state index contributed by atoms with van der Waals surface area (Å²) >= 11 is 0. The molecule has 0 saturated carbocycles. The minimum atomic E-state index is -0.619. The number of allylic oxidation sites excluding steroid dienone is 2. The Balaban J connectivity index is 2.40. The van der Waals surface area contributed by atoms with Crippen molar-refractivity contribution in [3.63, 3.8) is 0 Å². The first-order valence-corrected chi connectivity index (χ1v) is 10.5. The number of nitrogens with one attached hydrogen (secondary N) is 2. The predicted octanol–water partition coefficient (Wildman–Crippen LogP) is 4.70. The van der Waals surface area contributed by atoms with Crippen LogP contribution >= 0.6 is 0 Å². The summed E-state index contributed by atoms with van der Waals surface area (Å²) < 4.78 is 16.8. The normalized spacial score (nSPS) is 19.5. The Hall–Kier alpha value is -1.76. The summed E-state index contributed by atoms with van der Waals surface area (Å²) in [5.41, 5.74) is -1.78. The maximum atomic E-state index is 12.3. The van der Waals surface area contributed by atoms with Crippen LogP contribution in [0, 0.1) is 0 Å². The van der Waals surface area contributed by atoms with Crippen molar-refractivity contribution in [2.45, 2.75) is 103 Å². The van der Waals surface area contributed by atoms with Gasteiger partial charge in [0.15, 0.2) is 0 Å².